The number of hydrogen-bond donors (Lipinski definition) is 2. The van der Waals surface area contributed by atoms with Crippen LogP contribution >= 0.6 is 7.55 Å². The van der Waals surface area contributed by atoms with E-state index in [2.05, 4.69) is 11.4 Å². The average molecular weight is 198 g/mol. The van der Waals surface area contributed by atoms with Gasteiger partial charge in [0.25, 0.3) is 0 Å². The number of hydrazone groups is 1. The number of nitrogens with one attached hydrogen (secondary N) is 2. The normalized spacial score (nSPS) is 18.9. The first kappa shape index (κ1) is 9.86. The Balaban J connectivity index is 3.09. The van der Waals surface area contributed by atoms with Crippen molar-refractivity contribution in [1.82, 2.24) is 5.01 Å². The van der Waals surface area contributed by atoms with E-state index >= 15 is 0 Å². The van der Waals surface area contributed by atoms with Crippen molar-refractivity contribution in [2.45, 2.75) is 6.92 Å². The molecule has 2 N–H and O–H groups in total. The Morgan fingerprint density at radius 2 is 2.15 bits per heavy atom. The van der Waals surface area contributed by atoms with Gasteiger partial charge in [-0.05, 0) is 6.66 Å². The van der Waals surface area contributed by atoms with Gasteiger partial charge in [0.2, 0.25) is 5.91 Å². The predicted molar refractivity (Wildman–Crippen MR) is 56.8 cm³/mol. The number of hydrogen-bond acceptors (Lipinski definition) is 4. The average Bonchev–Trinajstić information content (AvgIpc) is 2.29. The van der Waals surface area contributed by atoms with Crippen LogP contribution in [-0.4, -0.2) is 40.9 Å². The van der Waals surface area contributed by atoms with E-state index in [9.17, 15) is 4.79 Å². The molecule has 0 aliphatic carbocycles. The van der Waals surface area contributed by atoms with Crippen LogP contribution < -0.4 is 0 Å². The lowest BCUT2D eigenvalue weighted by Crippen LogP contribution is -2.29. The minimum absolute atomic E-state index is 0.0292. The molecule has 5 nitrogen and oxygen atoms in total. The van der Waals surface area contributed by atoms with E-state index in [1.54, 1.807) is 0 Å². The summed E-state index contributed by atoms with van der Waals surface area (Å²) in [5.41, 5.74) is 0.520. The quantitative estimate of drug-likeness (QED) is 0.589. The summed E-state index contributed by atoms with van der Waals surface area (Å²) in [4.78, 5) is 10.9. The molecule has 1 unspecified atom stereocenters. The van der Waals surface area contributed by atoms with Crippen LogP contribution in [0.2, 0.25) is 0 Å². The van der Waals surface area contributed by atoms with E-state index in [-0.39, 0.29) is 17.5 Å². The van der Waals surface area contributed by atoms with E-state index in [4.69, 9.17) is 10.8 Å². The molecule has 70 valence electrons. The Morgan fingerprint density at radius 3 is 2.38 bits per heavy atom. The van der Waals surface area contributed by atoms with Gasteiger partial charge in [-0.15, -0.1) is 0 Å². The number of amides is 1. The molecule has 0 fully saturated rings. The molecule has 0 saturated carbocycles. The lowest BCUT2D eigenvalue weighted by atomic mass is 10.4. The Labute approximate surface area is 76.8 Å². The monoisotopic (exact) mass is 198 g/mol. The summed E-state index contributed by atoms with van der Waals surface area (Å²) in [5.74, 6) is -0.483. The van der Waals surface area contributed by atoms with E-state index in [0.29, 0.717) is 5.45 Å². The predicted octanol–water partition coefficient (Wildman–Crippen LogP) is 0.435. The number of carbonyl (C=O) groups excluding carboxylic acids is 1. The molecule has 13 heavy (non-hydrogen) atoms. The van der Waals surface area contributed by atoms with Crippen LogP contribution in [0, 0.1) is 10.8 Å². The summed E-state index contributed by atoms with van der Waals surface area (Å²) in [6.45, 7) is 3.19. The van der Waals surface area contributed by atoms with Crippen LogP contribution in [0.25, 0.3) is 0 Å². The standard InChI is InChI=1S/C7H11N4OP/c1-4(12)11-6(9)5(8)7(10-11)13(2)3/h8-9,13H,2H2,1,3H3. The van der Waals surface area contributed by atoms with Crippen LogP contribution in [0.3, 0.4) is 0 Å². The van der Waals surface area contributed by atoms with Gasteiger partial charge in [-0.2, -0.15) is 10.1 Å². The van der Waals surface area contributed by atoms with Gasteiger partial charge in [-0.3, -0.25) is 15.6 Å². The Hall–Kier alpha value is -1.22. The fourth-order valence-electron chi connectivity index (χ4n) is 0.945. The van der Waals surface area contributed by atoms with Crippen molar-refractivity contribution < 1.29 is 4.79 Å². The zero-order chi connectivity index (χ0) is 10.2. The highest BCUT2D eigenvalue weighted by Gasteiger charge is 2.29. The number of amidine groups is 1. The molecule has 0 spiro atoms. The van der Waals surface area contributed by atoms with Crippen molar-refractivity contribution in [3.63, 3.8) is 0 Å². The highest BCUT2D eigenvalue weighted by molar-refractivity contribution is 7.76. The summed E-state index contributed by atoms with van der Waals surface area (Å²) in [7, 11) is -1.12. The molecule has 0 radical (unpaired) electrons. The largest absolute Gasteiger partial charge is 0.295 e. The molecule has 0 saturated heterocycles. The third-order valence-corrected chi connectivity index (χ3v) is 2.75. The number of nitrogens with zero attached hydrogens (tertiary/aromatic N) is 2. The number of rotatable bonds is 1. The van der Waals surface area contributed by atoms with Gasteiger partial charge in [-0.1, -0.05) is 13.8 Å². The summed E-state index contributed by atoms with van der Waals surface area (Å²) < 4.78 is 0. The maximum Gasteiger partial charge on any atom is 0.245 e. The highest BCUT2D eigenvalue weighted by Crippen LogP contribution is 2.23. The maximum atomic E-state index is 10.9. The van der Waals surface area contributed by atoms with E-state index in [0.717, 1.165) is 5.01 Å². The van der Waals surface area contributed by atoms with Crippen LogP contribution in [-0.2, 0) is 4.79 Å². The first-order chi connectivity index (χ1) is 5.95. The molecule has 1 amide bonds. The maximum absolute atomic E-state index is 10.9. The molecule has 0 aromatic carbocycles. The first-order valence-electron chi connectivity index (χ1n) is 3.68. The smallest absolute Gasteiger partial charge is 0.245 e. The fraction of sp³-hybridized carbons (Fsp3) is 0.286. The summed E-state index contributed by atoms with van der Waals surface area (Å²) in [6, 6.07) is 0. The van der Waals surface area contributed by atoms with Gasteiger partial charge in [0.1, 0.15) is 11.2 Å². The molecule has 0 aromatic heterocycles. The van der Waals surface area contributed by atoms with Gasteiger partial charge in [-0.25, -0.2) is 0 Å². The van der Waals surface area contributed by atoms with Crippen molar-refractivity contribution in [2.75, 3.05) is 6.66 Å². The zero-order valence-electron chi connectivity index (χ0n) is 7.51. The minimum atomic E-state index is -1.12. The molecule has 1 aliphatic rings. The third-order valence-electron chi connectivity index (χ3n) is 1.59. The Kier molecular flexibility index (Phi) is 2.48. The van der Waals surface area contributed by atoms with Crippen LogP contribution in [0.15, 0.2) is 5.10 Å². The fourth-order valence-corrected chi connectivity index (χ4v) is 1.76. The number of carbonyl (C=O) groups is 1. The Morgan fingerprint density at radius 1 is 1.62 bits per heavy atom. The second-order valence-corrected chi connectivity index (χ2v) is 4.82. The Bertz CT molecular complexity index is 358. The van der Waals surface area contributed by atoms with Crippen molar-refractivity contribution in [3.8, 4) is 0 Å². The van der Waals surface area contributed by atoms with Crippen molar-refractivity contribution in [2.24, 2.45) is 5.10 Å². The van der Waals surface area contributed by atoms with E-state index < -0.39 is 7.55 Å². The minimum Gasteiger partial charge on any atom is -0.295 e. The molecular weight excluding hydrogens is 187 g/mol. The summed E-state index contributed by atoms with van der Waals surface area (Å²) >= 11 is 0. The molecular formula is C7H11N4OP. The topological polar surface area (TPSA) is 80.4 Å². The summed E-state index contributed by atoms with van der Waals surface area (Å²) in [6.07, 6.45) is 3.79. The second kappa shape index (κ2) is 3.26. The SMILES string of the molecule is C=[PH](C)C1=NN(C(C)=O)C(=N)C1=N. The van der Waals surface area contributed by atoms with E-state index in [1.807, 2.05) is 6.66 Å². The lowest BCUT2D eigenvalue weighted by Gasteiger charge is -2.06. The van der Waals surface area contributed by atoms with Gasteiger partial charge in [0.15, 0.2) is 5.84 Å². The third kappa shape index (κ3) is 1.60. The van der Waals surface area contributed by atoms with Gasteiger partial charge < -0.3 is 0 Å². The molecule has 1 atom stereocenters. The van der Waals surface area contributed by atoms with Crippen molar-refractivity contribution >= 4 is 36.8 Å². The van der Waals surface area contributed by atoms with Crippen LogP contribution in [0.4, 0.5) is 0 Å². The first-order valence-corrected chi connectivity index (χ1v) is 5.89. The van der Waals surface area contributed by atoms with E-state index in [1.165, 1.54) is 6.92 Å². The molecule has 0 bridgehead atoms. The van der Waals surface area contributed by atoms with Crippen LogP contribution in [0.5, 0.6) is 0 Å². The van der Waals surface area contributed by atoms with Crippen LogP contribution in [0.1, 0.15) is 6.92 Å². The molecule has 1 rings (SSSR count). The van der Waals surface area contributed by atoms with Gasteiger partial charge in [0, 0.05) is 6.92 Å². The van der Waals surface area contributed by atoms with Gasteiger partial charge >= 0.3 is 0 Å². The summed E-state index contributed by atoms with van der Waals surface area (Å²) in [5, 5.41) is 19.7. The van der Waals surface area contributed by atoms with Gasteiger partial charge in [0.05, 0.1) is 0 Å². The second-order valence-electron chi connectivity index (χ2n) is 2.78. The molecule has 1 heterocycles. The molecule has 6 heteroatoms. The van der Waals surface area contributed by atoms with Crippen molar-refractivity contribution in [1.29, 1.82) is 10.8 Å². The van der Waals surface area contributed by atoms with Crippen molar-refractivity contribution in [3.05, 3.63) is 0 Å². The lowest BCUT2D eigenvalue weighted by molar-refractivity contribution is -0.124. The molecule has 1 aliphatic heterocycles. The highest BCUT2D eigenvalue weighted by atomic mass is 31.1. The molecule has 0 aromatic rings. The zero-order valence-corrected chi connectivity index (χ0v) is 8.51.